The lowest BCUT2D eigenvalue weighted by Crippen LogP contribution is -2.21. The van der Waals surface area contributed by atoms with Crippen LogP contribution in [0.25, 0.3) is 0 Å². The highest BCUT2D eigenvalue weighted by atomic mass is 15.2. The van der Waals surface area contributed by atoms with Crippen LogP contribution in [0.2, 0.25) is 0 Å². The lowest BCUT2D eigenvalue weighted by atomic mass is 10.0. The second kappa shape index (κ2) is 3.08. The molecule has 1 aromatic rings. The number of H-pyrrole nitrogens is 1. The first-order chi connectivity index (χ1) is 6.25. The van der Waals surface area contributed by atoms with E-state index in [1.807, 2.05) is 0 Å². The highest BCUT2D eigenvalue weighted by Gasteiger charge is 2.13. The van der Waals surface area contributed by atoms with Gasteiger partial charge in [0.15, 0.2) is 5.96 Å². The fraction of sp³-hybridized carbons (Fsp3) is 0.500. The lowest BCUT2D eigenvalue weighted by molar-refractivity contribution is 0.667. The van der Waals surface area contributed by atoms with E-state index < -0.39 is 0 Å². The molecular weight excluding hydrogens is 166 g/mol. The van der Waals surface area contributed by atoms with Crippen LogP contribution in [-0.4, -0.2) is 15.9 Å². The number of nitrogens with zero attached hydrogens (tertiary/aromatic N) is 1. The van der Waals surface area contributed by atoms with Crippen molar-refractivity contribution < 1.29 is 0 Å². The van der Waals surface area contributed by atoms with Gasteiger partial charge in [-0.15, -0.1) is 0 Å². The van der Waals surface area contributed by atoms with Gasteiger partial charge in [0.05, 0.1) is 5.69 Å². The molecule has 5 heteroatoms. The van der Waals surface area contributed by atoms with Crippen molar-refractivity contribution in [3.63, 3.8) is 0 Å². The van der Waals surface area contributed by atoms with Crippen LogP contribution in [0.5, 0.6) is 0 Å². The normalized spacial score (nSPS) is 15.1. The molecule has 1 aliphatic rings. The molecule has 2 rings (SSSR count). The first-order valence-corrected chi connectivity index (χ1v) is 4.44. The second-order valence-electron chi connectivity index (χ2n) is 3.26. The van der Waals surface area contributed by atoms with Crippen LogP contribution in [0.1, 0.15) is 24.2 Å². The minimum Gasteiger partial charge on any atom is -0.370 e. The lowest BCUT2D eigenvalue weighted by Gasteiger charge is -2.07. The summed E-state index contributed by atoms with van der Waals surface area (Å²) in [6.45, 7) is 0. The molecule has 0 atom stereocenters. The van der Waals surface area contributed by atoms with Gasteiger partial charge in [0.1, 0.15) is 0 Å². The molecule has 0 amide bonds. The number of aromatic nitrogens is 2. The van der Waals surface area contributed by atoms with E-state index in [0.717, 1.165) is 18.5 Å². The smallest absolute Gasteiger partial charge is 0.207 e. The van der Waals surface area contributed by atoms with Crippen molar-refractivity contribution in [3.05, 3.63) is 11.4 Å². The van der Waals surface area contributed by atoms with Crippen molar-refractivity contribution in [2.75, 3.05) is 5.32 Å². The van der Waals surface area contributed by atoms with Crippen LogP contribution >= 0.6 is 0 Å². The van der Waals surface area contributed by atoms with Gasteiger partial charge in [-0.3, -0.25) is 10.7 Å². The minimum absolute atomic E-state index is 0.0777. The number of aromatic amines is 1. The van der Waals surface area contributed by atoms with E-state index in [0.29, 0.717) is 5.95 Å². The van der Waals surface area contributed by atoms with E-state index >= 15 is 0 Å². The minimum atomic E-state index is -0.0777. The van der Waals surface area contributed by atoms with Gasteiger partial charge in [-0.2, -0.15) is 0 Å². The van der Waals surface area contributed by atoms with Gasteiger partial charge in [-0.1, -0.05) is 0 Å². The zero-order chi connectivity index (χ0) is 9.26. The average Bonchev–Trinajstić information content (AvgIpc) is 2.44. The zero-order valence-electron chi connectivity index (χ0n) is 7.35. The molecule has 1 aliphatic carbocycles. The van der Waals surface area contributed by atoms with Crippen molar-refractivity contribution in [1.82, 2.24) is 9.97 Å². The number of hydrogen-bond acceptors (Lipinski definition) is 2. The molecule has 0 aliphatic heterocycles. The van der Waals surface area contributed by atoms with Gasteiger partial charge in [-0.05, 0) is 25.7 Å². The zero-order valence-corrected chi connectivity index (χ0v) is 7.35. The molecule has 0 radical (unpaired) electrons. The fourth-order valence-electron chi connectivity index (χ4n) is 1.64. The second-order valence-corrected chi connectivity index (χ2v) is 3.26. The van der Waals surface area contributed by atoms with Crippen LogP contribution in [0.3, 0.4) is 0 Å². The molecule has 5 N–H and O–H groups in total. The summed E-state index contributed by atoms with van der Waals surface area (Å²) in [5.74, 6) is 0.519. The molecule has 0 saturated heterocycles. The number of nitrogens with one attached hydrogen (secondary N) is 3. The Bertz CT molecular complexity index is 304. The first-order valence-electron chi connectivity index (χ1n) is 4.44. The van der Waals surface area contributed by atoms with Crippen molar-refractivity contribution in [1.29, 1.82) is 5.41 Å². The van der Waals surface area contributed by atoms with E-state index in [1.54, 1.807) is 0 Å². The van der Waals surface area contributed by atoms with E-state index in [1.165, 1.54) is 18.5 Å². The molecular formula is C8H13N5. The van der Waals surface area contributed by atoms with Crippen molar-refractivity contribution in [3.8, 4) is 0 Å². The summed E-state index contributed by atoms with van der Waals surface area (Å²) < 4.78 is 0. The summed E-state index contributed by atoms with van der Waals surface area (Å²) in [4.78, 5) is 7.43. The summed E-state index contributed by atoms with van der Waals surface area (Å²) in [5.41, 5.74) is 7.50. The number of nitrogens with two attached hydrogens (primary N) is 1. The van der Waals surface area contributed by atoms with Crippen LogP contribution in [0.15, 0.2) is 0 Å². The summed E-state index contributed by atoms with van der Waals surface area (Å²) in [5, 5.41) is 9.70. The number of aryl methyl sites for hydroxylation is 2. The summed E-state index contributed by atoms with van der Waals surface area (Å²) in [6.07, 6.45) is 4.51. The third-order valence-corrected chi connectivity index (χ3v) is 2.21. The van der Waals surface area contributed by atoms with Crippen LogP contribution in [0.4, 0.5) is 5.95 Å². The van der Waals surface area contributed by atoms with Crippen molar-refractivity contribution in [2.24, 2.45) is 5.73 Å². The van der Waals surface area contributed by atoms with Crippen molar-refractivity contribution >= 4 is 11.9 Å². The average molecular weight is 179 g/mol. The Morgan fingerprint density at radius 3 is 2.92 bits per heavy atom. The van der Waals surface area contributed by atoms with Gasteiger partial charge in [0.2, 0.25) is 5.95 Å². The van der Waals surface area contributed by atoms with Gasteiger partial charge in [0, 0.05) is 5.69 Å². The highest BCUT2D eigenvalue weighted by Crippen LogP contribution is 2.20. The Kier molecular flexibility index (Phi) is 1.92. The van der Waals surface area contributed by atoms with Gasteiger partial charge in [-0.25, -0.2) is 4.98 Å². The molecule has 5 nitrogen and oxygen atoms in total. The molecule has 0 aromatic carbocycles. The quantitative estimate of drug-likeness (QED) is 0.375. The molecule has 1 heterocycles. The molecule has 70 valence electrons. The van der Waals surface area contributed by atoms with Gasteiger partial charge < -0.3 is 10.7 Å². The Morgan fingerprint density at radius 2 is 2.23 bits per heavy atom. The molecule has 0 spiro atoms. The fourth-order valence-corrected chi connectivity index (χ4v) is 1.64. The summed E-state index contributed by atoms with van der Waals surface area (Å²) >= 11 is 0. The Morgan fingerprint density at radius 1 is 1.46 bits per heavy atom. The number of guanidine groups is 1. The standard InChI is InChI=1S/C8H13N5/c9-7(10)13-8-11-5-3-1-2-4-6(5)12-8/h1-4H2,(H5,9,10,11,12,13). The Hall–Kier alpha value is -1.52. The molecule has 1 aromatic heterocycles. The van der Waals surface area contributed by atoms with E-state index in [-0.39, 0.29) is 5.96 Å². The highest BCUT2D eigenvalue weighted by molar-refractivity contribution is 5.87. The number of anilines is 1. The topological polar surface area (TPSA) is 90.6 Å². The summed E-state index contributed by atoms with van der Waals surface area (Å²) in [7, 11) is 0. The number of fused-ring (bicyclic) bond motifs is 1. The van der Waals surface area contributed by atoms with Crippen molar-refractivity contribution in [2.45, 2.75) is 25.7 Å². The first kappa shape index (κ1) is 8.10. The SMILES string of the molecule is N=C(N)Nc1nc2c([nH]1)CCCC2. The summed E-state index contributed by atoms with van der Waals surface area (Å²) in [6, 6.07) is 0. The van der Waals surface area contributed by atoms with Gasteiger partial charge in [0.25, 0.3) is 0 Å². The monoisotopic (exact) mass is 179 g/mol. The predicted molar refractivity (Wildman–Crippen MR) is 50.8 cm³/mol. The maximum absolute atomic E-state index is 7.05. The largest absolute Gasteiger partial charge is 0.370 e. The van der Waals surface area contributed by atoms with Gasteiger partial charge >= 0.3 is 0 Å². The maximum Gasteiger partial charge on any atom is 0.207 e. The third-order valence-electron chi connectivity index (χ3n) is 2.21. The number of rotatable bonds is 1. The Labute approximate surface area is 76.3 Å². The van der Waals surface area contributed by atoms with E-state index in [9.17, 15) is 0 Å². The molecule has 0 unspecified atom stereocenters. The molecule has 0 fully saturated rings. The molecule has 0 saturated carbocycles. The van der Waals surface area contributed by atoms with E-state index in [2.05, 4.69) is 15.3 Å². The van der Waals surface area contributed by atoms with Crippen LogP contribution in [0, 0.1) is 5.41 Å². The number of hydrogen-bond donors (Lipinski definition) is 4. The molecule has 13 heavy (non-hydrogen) atoms. The Balaban J connectivity index is 2.20. The number of imidazole rings is 1. The maximum atomic E-state index is 7.05. The third kappa shape index (κ3) is 1.63. The predicted octanol–water partition coefficient (Wildman–Crippen LogP) is 0.594. The van der Waals surface area contributed by atoms with Crippen LogP contribution < -0.4 is 11.1 Å². The molecule has 0 bridgehead atoms. The van der Waals surface area contributed by atoms with Crippen LogP contribution in [-0.2, 0) is 12.8 Å². The van der Waals surface area contributed by atoms with E-state index in [4.69, 9.17) is 11.1 Å².